The second-order valence-corrected chi connectivity index (χ2v) is 4.49. The molecule has 0 radical (unpaired) electrons. The minimum absolute atomic E-state index is 0.283. The molecule has 1 aromatic carbocycles. The van der Waals surface area contributed by atoms with Gasteiger partial charge in [0, 0.05) is 25.4 Å². The van der Waals surface area contributed by atoms with E-state index in [1.54, 1.807) is 7.11 Å². The zero-order valence-corrected chi connectivity index (χ0v) is 11.6. The standard InChI is InChI=1S/C14H23N3O2/c1-11(16-9-3-4-10-19-2)12-5-7-13(8-6-12)17-14(15)18/h5-8,11,16H,3-4,9-10H2,1-2H3,(H3,15,17,18). The Morgan fingerprint density at radius 1 is 1.32 bits per heavy atom. The van der Waals surface area contributed by atoms with Crippen LogP contribution in [-0.4, -0.2) is 26.3 Å². The molecule has 0 fully saturated rings. The third-order valence-electron chi connectivity index (χ3n) is 2.90. The number of rotatable bonds is 8. The molecule has 1 atom stereocenters. The van der Waals surface area contributed by atoms with Crippen molar-refractivity contribution in [2.75, 3.05) is 25.6 Å². The van der Waals surface area contributed by atoms with Gasteiger partial charge in [-0.3, -0.25) is 0 Å². The maximum Gasteiger partial charge on any atom is 0.316 e. The molecule has 0 saturated heterocycles. The Bertz CT molecular complexity index is 379. The number of anilines is 1. The van der Waals surface area contributed by atoms with Crippen molar-refractivity contribution in [1.82, 2.24) is 5.32 Å². The largest absolute Gasteiger partial charge is 0.385 e. The van der Waals surface area contributed by atoms with Crippen molar-refractivity contribution in [3.63, 3.8) is 0 Å². The summed E-state index contributed by atoms with van der Waals surface area (Å²) >= 11 is 0. The van der Waals surface area contributed by atoms with Crippen molar-refractivity contribution in [1.29, 1.82) is 0 Å². The van der Waals surface area contributed by atoms with E-state index in [1.807, 2.05) is 24.3 Å². The monoisotopic (exact) mass is 265 g/mol. The van der Waals surface area contributed by atoms with Crippen molar-refractivity contribution < 1.29 is 9.53 Å². The number of amides is 2. The van der Waals surface area contributed by atoms with Gasteiger partial charge in [-0.2, -0.15) is 0 Å². The lowest BCUT2D eigenvalue weighted by molar-refractivity contribution is 0.192. The number of unbranched alkanes of at least 4 members (excludes halogenated alkanes) is 1. The molecule has 0 spiro atoms. The maximum absolute atomic E-state index is 10.7. The first kappa shape index (κ1) is 15.5. The summed E-state index contributed by atoms with van der Waals surface area (Å²) in [5.41, 5.74) is 6.95. The molecule has 0 aliphatic rings. The molecule has 5 heteroatoms. The number of benzene rings is 1. The van der Waals surface area contributed by atoms with Crippen molar-refractivity contribution in [2.45, 2.75) is 25.8 Å². The summed E-state index contributed by atoms with van der Waals surface area (Å²) < 4.78 is 5.01. The predicted octanol–water partition coefficient (Wildman–Crippen LogP) is 2.25. The highest BCUT2D eigenvalue weighted by Crippen LogP contribution is 2.15. The molecule has 0 aromatic heterocycles. The van der Waals surface area contributed by atoms with E-state index in [1.165, 1.54) is 5.56 Å². The van der Waals surface area contributed by atoms with Crippen LogP contribution in [0.1, 0.15) is 31.4 Å². The molecule has 0 saturated carbocycles. The second kappa shape index (κ2) is 8.50. The molecule has 1 aromatic rings. The van der Waals surface area contributed by atoms with Gasteiger partial charge in [-0.25, -0.2) is 4.79 Å². The normalized spacial score (nSPS) is 12.1. The Morgan fingerprint density at radius 3 is 2.58 bits per heavy atom. The zero-order valence-electron chi connectivity index (χ0n) is 11.6. The average Bonchev–Trinajstić information content (AvgIpc) is 2.38. The minimum atomic E-state index is -0.544. The number of ether oxygens (including phenoxy) is 1. The van der Waals surface area contributed by atoms with Crippen molar-refractivity contribution in [3.8, 4) is 0 Å². The third kappa shape index (κ3) is 6.22. The fraction of sp³-hybridized carbons (Fsp3) is 0.500. The van der Waals surface area contributed by atoms with E-state index in [-0.39, 0.29) is 6.04 Å². The van der Waals surface area contributed by atoms with Crippen LogP contribution in [0.25, 0.3) is 0 Å². The van der Waals surface area contributed by atoms with E-state index < -0.39 is 6.03 Å². The van der Waals surface area contributed by atoms with Gasteiger partial charge in [0.1, 0.15) is 0 Å². The Kier molecular flexibility index (Phi) is 6.92. The molecule has 106 valence electrons. The van der Waals surface area contributed by atoms with Crippen molar-refractivity contribution >= 4 is 11.7 Å². The number of urea groups is 1. The van der Waals surface area contributed by atoms with Gasteiger partial charge >= 0.3 is 6.03 Å². The van der Waals surface area contributed by atoms with E-state index in [0.717, 1.165) is 26.0 Å². The number of carbonyl (C=O) groups is 1. The van der Waals surface area contributed by atoms with Crippen LogP contribution in [0.3, 0.4) is 0 Å². The molecule has 5 nitrogen and oxygen atoms in total. The van der Waals surface area contributed by atoms with Crippen LogP contribution in [0.15, 0.2) is 24.3 Å². The Labute approximate surface area is 114 Å². The SMILES string of the molecule is COCCCCNC(C)c1ccc(NC(N)=O)cc1. The summed E-state index contributed by atoms with van der Waals surface area (Å²) in [5.74, 6) is 0. The van der Waals surface area contributed by atoms with Crippen LogP contribution in [0.2, 0.25) is 0 Å². The number of hydrogen-bond acceptors (Lipinski definition) is 3. The van der Waals surface area contributed by atoms with Gasteiger partial charge in [0.05, 0.1) is 0 Å². The van der Waals surface area contributed by atoms with Crippen LogP contribution >= 0.6 is 0 Å². The number of methoxy groups -OCH3 is 1. The zero-order chi connectivity index (χ0) is 14.1. The number of carbonyl (C=O) groups excluding carboxylic acids is 1. The van der Waals surface area contributed by atoms with Crippen LogP contribution < -0.4 is 16.4 Å². The third-order valence-corrected chi connectivity index (χ3v) is 2.90. The first-order chi connectivity index (χ1) is 9.13. The molecule has 1 unspecified atom stereocenters. The lowest BCUT2D eigenvalue weighted by Gasteiger charge is -2.14. The highest BCUT2D eigenvalue weighted by molar-refractivity contribution is 5.87. The highest BCUT2D eigenvalue weighted by Gasteiger charge is 2.04. The summed E-state index contributed by atoms with van der Waals surface area (Å²) in [6, 6.07) is 7.41. The Hall–Kier alpha value is -1.59. The summed E-state index contributed by atoms with van der Waals surface area (Å²) in [5, 5.41) is 5.99. The molecular formula is C14H23N3O2. The Balaban J connectivity index is 2.35. The van der Waals surface area contributed by atoms with Crippen LogP contribution in [0.4, 0.5) is 10.5 Å². The lowest BCUT2D eigenvalue weighted by Crippen LogP contribution is -2.21. The van der Waals surface area contributed by atoms with E-state index in [9.17, 15) is 4.79 Å². The van der Waals surface area contributed by atoms with Gasteiger partial charge < -0.3 is 21.1 Å². The molecule has 2 amide bonds. The molecular weight excluding hydrogens is 242 g/mol. The predicted molar refractivity (Wildman–Crippen MR) is 77.2 cm³/mol. The van der Waals surface area contributed by atoms with Gasteiger partial charge in [0.15, 0.2) is 0 Å². The Morgan fingerprint density at radius 2 is 2.00 bits per heavy atom. The van der Waals surface area contributed by atoms with E-state index >= 15 is 0 Å². The van der Waals surface area contributed by atoms with Gasteiger partial charge in [-0.15, -0.1) is 0 Å². The number of nitrogens with two attached hydrogens (primary N) is 1. The van der Waals surface area contributed by atoms with Crippen LogP contribution in [0.5, 0.6) is 0 Å². The number of nitrogens with one attached hydrogen (secondary N) is 2. The van der Waals surface area contributed by atoms with Gasteiger partial charge in [-0.05, 0) is 44.0 Å². The molecule has 0 heterocycles. The number of hydrogen-bond donors (Lipinski definition) is 3. The molecule has 19 heavy (non-hydrogen) atoms. The van der Waals surface area contributed by atoms with Crippen LogP contribution in [-0.2, 0) is 4.74 Å². The number of primary amides is 1. The van der Waals surface area contributed by atoms with Crippen molar-refractivity contribution in [2.24, 2.45) is 5.73 Å². The first-order valence-electron chi connectivity index (χ1n) is 6.52. The van der Waals surface area contributed by atoms with E-state index in [2.05, 4.69) is 17.6 Å². The molecule has 0 bridgehead atoms. The minimum Gasteiger partial charge on any atom is -0.385 e. The van der Waals surface area contributed by atoms with Gasteiger partial charge in [-0.1, -0.05) is 12.1 Å². The lowest BCUT2D eigenvalue weighted by atomic mass is 10.1. The summed E-state index contributed by atoms with van der Waals surface area (Å²) in [6.45, 7) is 3.89. The topological polar surface area (TPSA) is 76.4 Å². The van der Waals surface area contributed by atoms with E-state index in [0.29, 0.717) is 5.69 Å². The van der Waals surface area contributed by atoms with Gasteiger partial charge in [0.2, 0.25) is 0 Å². The fourth-order valence-electron chi connectivity index (χ4n) is 1.81. The smallest absolute Gasteiger partial charge is 0.316 e. The van der Waals surface area contributed by atoms with Crippen LogP contribution in [0, 0.1) is 0 Å². The summed E-state index contributed by atoms with van der Waals surface area (Å²) in [6.07, 6.45) is 2.16. The average molecular weight is 265 g/mol. The quantitative estimate of drug-likeness (QED) is 0.631. The fourth-order valence-corrected chi connectivity index (χ4v) is 1.81. The summed E-state index contributed by atoms with van der Waals surface area (Å²) in [4.78, 5) is 10.7. The summed E-state index contributed by atoms with van der Waals surface area (Å²) in [7, 11) is 1.72. The van der Waals surface area contributed by atoms with Crippen molar-refractivity contribution in [3.05, 3.63) is 29.8 Å². The highest BCUT2D eigenvalue weighted by atomic mass is 16.5. The molecule has 1 rings (SSSR count). The van der Waals surface area contributed by atoms with Gasteiger partial charge in [0.25, 0.3) is 0 Å². The molecule has 0 aliphatic heterocycles. The van der Waals surface area contributed by atoms with E-state index in [4.69, 9.17) is 10.5 Å². The molecule has 4 N–H and O–H groups in total. The maximum atomic E-state index is 10.7. The second-order valence-electron chi connectivity index (χ2n) is 4.49. The molecule has 0 aliphatic carbocycles. The first-order valence-corrected chi connectivity index (χ1v) is 6.52.